The number of rotatable bonds is 3. The molecule has 4 nitrogen and oxygen atoms in total. The highest BCUT2D eigenvalue weighted by atomic mass is 16.6. The Kier molecular flexibility index (Phi) is 4.13. The highest BCUT2D eigenvalue weighted by molar-refractivity contribution is 5.40. The lowest BCUT2D eigenvalue weighted by Gasteiger charge is -2.40. The number of hydrogen-bond acceptors (Lipinski definition) is 4. The van der Waals surface area contributed by atoms with Crippen molar-refractivity contribution in [2.75, 3.05) is 26.2 Å². The van der Waals surface area contributed by atoms with Crippen LogP contribution in [0.3, 0.4) is 0 Å². The second-order valence-corrected chi connectivity index (χ2v) is 6.01. The van der Waals surface area contributed by atoms with Gasteiger partial charge in [0.25, 0.3) is 0 Å². The van der Waals surface area contributed by atoms with Crippen molar-refractivity contribution in [2.24, 2.45) is 11.7 Å². The van der Waals surface area contributed by atoms with E-state index in [0.29, 0.717) is 12.6 Å². The van der Waals surface area contributed by atoms with Crippen molar-refractivity contribution in [2.45, 2.75) is 31.9 Å². The summed E-state index contributed by atoms with van der Waals surface area (Å²) in [6, 6.07) is 8.37. The van der Waals surface area contributed by atoms with Crippen molar-refractivity contribution < 1.29 is 9.47 Å². The van der Waals surface area contributed by atoms with Gasteiger partial charge in [-0.25, -0.2) is 0 Å². The number of ether oxygens (including phenoxy) is 2. The average Bonchev–Trinajstić information content (AvgIpc) is 2.49. The van der Waals surface area contributed by atoms with Crippen molar-refractivity contribution in [1.82, 2.24) is 4.90 Å². The zero-order chi connectivity index (χ0) is 13.9. The van der Waals surface area contributed by atoms with Crippen molar-refractivity contribution in [3.05, 3.63) is 24.3 Å². The number of likely N-dealkylation sites (tertiary alicyclic amines) is 1. The van der Waals surface area contributed by atoms with Gasteiger partial charge in [0.15, 0.2) is 11.5 Å². The van der Waals surface area contributed by atoms with Crippen LogP contribution >= 0.6 is 0 Å². The molecule has 2 heterocycles. The van der Waals surface area contributed by atoms with E-state index in [9.17, 15) is 0 Å². The number of nitrogens with zero attached hydrogens (tertiary/aromatic N) is 1. The van der Waals surface area contributed by atoms with Gasteiger partial charge in [0.1, 0.15) is 12.7 Å². The summed E-state index contributed by atoms with van der Waals surface area (Å²) in [5.74, 6) is 2.49. The Morgan fingerprint density at radius 2 is 2.10 bits per heavy atom. The molecule has 1 aromatic carbocycles. The van der Waals surface area contributed by atoms with E-state index < -0.39 is 0 Å². The van der Waals surface area contributed by atoms with Crippen molar-refractivity contribution in [1.29, 1.82) is 0 Å². The van der Waals surface area contributed by atoms with E-state index in [1.165, 1.54) is 12.8 Å². The van der Waals surface area contributed by atoms with Crippen LogP contribution in [-0.4, -0.2) is 43.3 Å². The summed E-state index contributed by atoms with van der Waals surface area (Å²) in [6.07, 6.45) is 2.55. The Morgan fingerprint density at radius 3 is 2.90 bits per heavy atom. The van der Waals surface area contributed by atoms with Crippen LogP contribution in [0.15, 0.2) is 24.3 Å². The minimum Gasteiger partial charge on any atom is -0.486 e. The minimum absolute atomic E-state index is 0.104. The SMILES string of the molecule is CC1CCN(CC2COc3ccccc3O2)C(CN)C1. The van der Waals surface area contributed by atoms with Gasteiger partial charge in [-0.15, -0.1) is 0 Å². The Labute approximate surface area is 120 Å². The summed E-state index contributed by atoms with van der Waals surface area (Å²) in [4.78, 5) is 2.47. The monoisotopic (exact) mass is 276 g/mol. The molecule has 3 unspecified atom stereocenters. The van der Waals surface area contributed by atoms with Gasteiger partial charge in [-0.1, -0.05) is 19.1 Å². The molecule has 0 aliphatic carbocycles. The van der Waals surface area contributed by atoms with Crippen LogP contribution in [0.4, 0.5) is 0 Å². The van der Waals surface area contributed by atoms with Crippen LogP contribution in [-0.2, 0) is 0 Å². The summed E-state index contributed by atoms with van der Waals surface area (Å²) in [7, 11) is 0. The van der Waals surface area contributed by atoms with Crippen LogP contribution in [0.2, 0.25) is 0 Å². The van der Waals surface area contributed by atoms with Crippen LogP contribution in [0.5, 0.6) is 11.5 Å². The predicted molar refractivity (Wildman–Crippen MR) is 79.2 cm³/mol. The van der Waals surface area contributed by atoms with E-state index >= 15 is 0 Å². The van der Waals surface area contributed by atoms with Gasteiger partial charge < -0.3 is 15.2 Å². The molecule has 0 amide bonds. The third-order valence-corrected chi connectivity index (χ3v) is 4.38. The molecule has 0 aromatic heterocycles. The fourth-order valence-electron chi connectivity index (χ4n) is 3.20. The van der Waals surface area contributed by atoms with Gasteiger partial charge in [-0.2, -0.15) is 0 Å². The predicted octanol–water partition coefficient (Wildman–Crippen LogP) is 1.89. The smallest absolute Gasteiger partial charge is 0.161 e. The molecule has 4 heteroatoms. The van der Waals surface area contributed by atoms with Crippen molar-refractivity contribution in [3.63, 3.8) is 0 Å². The number of piperidine rings is 1. The molecular weight excluding hydrogens is 252 g/mol. The zero-order valence-corrected chi connectivity index (χ0v) is 12.1. The number of benzene rings is 1. The zero-order valence-electron chi connectivity index (χ0n) is 12.1. The highest BCUT2D eigenvalue weighted by Gasteiger charge is 2.29. The maximum Gasteiger partial charge on any atom is 0.161 e. The van der Waals surface area contributed by atoms with E-state index in [2.05, 4.69) is 11.8 Å². The summed E-state index contributed by atoms with van der Waals surface area (Å²) in [5, 5.41) is 0. The number of hydrogen-bond donors (Lipinski definition) is 1. The fraction of sp³-hybridized carbons (Fsp3) is 0.625. The molecule has 20 heavy (non-hydrogen) atoms. The molecule has 1 aromatic rings. The Morgan fingerprint density at radius 1 is 1.30 bits per heavy atom. The topological polar surface area (TPSA) is 47.7 Å². The normalized spacial score (nSPS) is 30.2. The third kappa shape index (κ3) is 2.91. The number of nitrogens with two attached hydrogens (primary N) is 1. The quantitative estimate of drug-likeness (QED) is 0.916. The molecule has 110 valence electrons. The number of fused-ring (bicyclic) bond motifs is 1. The molecule has 1 saturated heterocycles. The number of para-hydroxylation sites is 2. The molecule has 0 bridgehead atoms. The molecule has 0 spiro atoms. The molecule has 3 rings (SSSR count). The van der Waals surface area contributed by atoms with Gasteiger partial charge in [0.2, 0.25) is 0 Å². The summed E-state index contributed by atoms with van der Waals surface area (Å²) < 4.78 is 11.8. The summed E-state index contributed by atoms with van der Waals surface area (Å²) in [5.41, 5.74) is 5.92. The first-order chi connectivity index (χ1) is 9.76. The largest absolute Gasteiger partial charge is 0.486 e. The molecule has 2 aliphatic heterocycles. The standard InChI is InChI=1S/C16H24N2O2/c1-12-6-7-18(13(8-12)9-17)10-14-11-19-15-4-2-3-5-16(15)20-14/h2-5,12-14H,6-11,17H2,1H3. The summed E-state index contributed by atoms with van der Waals surface area (Å²) >= 11 is 0. The van der Waals surface area contributed by atoms with E-state index in [-0.39, 0.29) is 6.10 Å². The first-order valence-corrected chi connectivity index (χ1v) is 7.59. The average molecular weight is 276 g/mol. The van der Waals surface area contributed by atoms with Gasteiger partial charge in [0, 0.05) is 19.1 Å². The molecule has 2 aliphatic rings. The van der Waals surface area contributed by atoms with E-state index in [0.717, 1.165) is 37.1 Å². The minimum atomic E-state index is 0.104. The Bertz CT molecular complexity index is 452. The highest BCUT2D eigenvalue weighted by Crippen LogP contribution is 2.31. The van der Waals surface area contributed by atoms with Crippen LogP contribution in [0.1, 0.15) is 19.8 Å². The molecule has 3 atom stereocenters. The summed E-state index contributed by atoms with van der Waals surface area (Å²) in [6.45, 7) is 5.69. The second-order valence-electron chi connectivity index (χ2n) is 6.01. The molecule has 2 N–H and O–H groups in total. The lowest BCUT2D eigenvalue weighted by atomic mass is 9.92. The van der Waals surface area contributed by atoms with Gasteiger partial charge in [-0.05, 0) is 37.4 Å². The maximum atomic E-state index is 6.05. The van der Waals surface area contributed by atoms with Gasteiger partial charge >= 0.3 is 0 Å². The van der Waals surface area contributed by atoms with Crippen molar-refractivity contribution >= 4 is 0 Å². The van der Waals surface area contributed by atoms with E-state index in [4.69, 9.17) is 15.2 Å². The molecule has 0 radical (unpaired) electrons. The molecule has 0 saturated carbocycles. The van der Waals surface area contributed by atoms with Gasteiger partial charge in [0.05, 0.1) is 0 Å². The first kappa shape index (κ1) is 13.7. The lowest BCUT2D eigenvalue weighted by Crippen LogP contribution is -2.51. The van der Waals surface area contributed by atoms with Crippen molar-refractivity contribution in [3.8, 4) is 11.5 Å². The lowest BCUT2D eigenvalue weighted by molar-refractivity contribution is 0.0285. The van der Waals surface area contributed by atoms with Crippen LogP contribution in [0, 0.1) is 5.92 Å². The first-order valence-electron chi connectivity index (χ1n) is 7.59. The third-order valence-electron chi connectivity index (χ3n) is 4.38. The fourth-order valence-corrected chi connectivity index (χ4v) is 3.20. The molecular formula is C16H24N2O2. The maximum absolute atomic E-state index is 6.05. The Balaban J connectivity index is 1.61. The second kappa shape index (κ2) is 6.02. The van der Waals surface area contributed by atoms with E-state index in [1.807, 2.05) is 24.3 Å². The van der Waals surface area contributed by atoms with Crippen LogP contribution < -0.4 is 15.2 Å². The molecule has 1 fully saturated rings. The van der Waals surface area contributed by atoms with Crippen LogP contribution in [0.25, 0.3) is 0 Å². The Hall–Kier alpha value is -1.26. The van der Waals surface area contributed by atoms with Gasteiger partial charge in [-0.3, -0.25) is 4.90 Å². The van der Waals surface area contributed by atoms with E-state index in [1.54, 1.807) is 0 Å².